The molecule has 0 saturated heterocycles. The van der Waals surface area contributed by atoms with Crippen LogP contribution in [0.25, 0.3) is 0 Å². The summed E-state index contributed by atoms with van der Waals surface area (Å²) >= 11 is 0. The lowest BCUT2D eigenvalue weighted by Gasteiger charge is -2.02. The van der Waals surface area contributed by atoms with E-state index in [1.54, 1.807) is 12.1 Å². The summed E-state index contributed by atoms with van der Waals surface area (Å²) in [6, 6.07) is 4.84. The number of hydrogen-bond acceptors (Lipinski definition) is 2. The van der Waals surface area contributed by atoms with Crippen LogP contribution >= 0.6 is 0 Å². The largest absolute Gasteiger partial charge is 0.396 e. The van der Waals surface area contributed by atoms with E-state index in [1.807, 2.05) is 13.8 Å². The molecule has 0 bridgehead atoms. The first-order chi connectivity index (χ1) is 8.06. The van der Waals surface area contributed by atoms with Gasteiger partial charge in [0.1, 0.15) is 11.6 Å². The number of anilines is 1. The highest BCUT2D eigenvalue weighted by Crippen LogP contribution is 2.14. The number of aromatic nitrogens is 2. The fraction of sp³-hybridized carbons (Fsp3) is 0.308. The highest BCUT2D eigenvalue weighted by molar-refractivity contribution is 5.42. The smallest absolute Gasteiger partial charge is 0.146 e. The average Bonchev–Trinajstić information content (AvgIpc) is 2.60. The molecule has 0 aliphatic carbocycles. The first kappa shape index (κ1) is 11.6. The summed E-state index contributed by atoms with van der Waals surface area (Å²) in [5, 5.41) is 0. The van der Waals surface area contributed by atoms with Crippen LogP contribution in [0.3, 0.4) is 0 Å². The zero-order valence-electron chi connectivity index (χ0n) is 10.0. The van der Waals surface area contributed by atoms with E-state index in [0.717, 1.165) is 35.6 Å². The number of nitrogen functional groups attached to an aromatic ring is 1. The van der Waals surface area contributed by atoms with E-state index in [9.17, 15) is 4.39 Å². The second-order valence-corrected chi connectivity index (χ2v) is 4.25. The number of rotatable bonds is 3. The SMILES string of the molecule is Cc1nc(CCc2ccc(F)c(N)c2)[nH]c1C. The van der Waals surface area contributed by atoms with Gasteiger partial charge in [-0.25, -0.2) is 9.37 Å². The zero-order valence-corrected chi connectivity index (χ0v) is 10.0. The molecule has 0 unspecified atom stereocenters. The Bertz CT molecular complexity index is 512. The maximum atomic E-state index is 13.0. The molecule has 4 heteroatoms. The summed E-state index contributed by atoms with van der Waals surface area (Å²) in [7, 11) is 0. The normalized spacial score (nSPS) is 10.8. The quantitative estimate of drug-likeness (QED) is 0.800. The van der Waals surface area contributed by atoms with Gasteiger partial charge in [-0.15, -0.1) is 0 Å². The number of benzene rings is 1. The molecule has 90 valence electrons. The number of hydrogen-bond donors (Lipinski definition) is 2. The number of nitrogens with one attached hydrogen (secondary N) is 1. The van der Waals surface area contributed by atoms with Gasteiger partial charge >= 0.3 is 0 Å². The Labute approximate surface area is 99.9 Å². The lowest BCUT2D eigenvalue weighted by atomic mass is 10.1. The van der Waals surface area contributed by atoms with E-state index < -0.39 is 0 Å². The number of nitrogens with zero attached hydrogens (tertiary/aromatic N) is 1. The first-order valence-corrected chi connectivity index (χ1v) is 5.62. The monoisotopic (exact) mass is 233 g/mol. The van der Waals surface area contributed by atoms with Crippen LogP contribution in [-0.4, -0.2) is 9.97 Å². The minimum atomic E-state index is -0.363. The standard InChI is InChI=1S/C13H16FN3/c1-8-9(2)17-13(16-8)6-4-10-3-5-11(14)12(15)7-10/h3,5,7H,4,6,15H2,1-2H3,(H,16,17). The molecule has 0 fully saturated rings. The summed E-state index contributed by atoms with van der Waals surface area (Å²) < 4.78 is 13.0. The number of nitrogens with two attached hydrogens (primary N) is 1. The second kappa shape index (κ2) is 4.57. The molecule has 0 spiro atoms. The van der Waals surface area contributed by atoms with Crippen molar-refractivity contribution in [3.8, 4) is 0 Å². The number of aromatic amines is 1. The van der Waals surface area contributed by atoms with E-state index in [0.29, 0.717) is 0 Å². The predicted octanol–water partition coefficient (Wildman–Crippen LogP) is 2.53. The topological polar surface area (TPSA) is 54.7 Å². The van der Waals surface area contributed by atoms with Crippen molar-refractivity contribution in [1.29, 1.82) is 0 Å². The first-order valence-electron chi connectivity index (χ1n) is 5.62. The van der Waals surface area contributed by atoms with Gasteiger partial charge in [0.15, 0.2) is 0 Å². The van der Waals surface area contributed by atoms with Crippen LogP contribution in [0.15, 0.2) is 18.2 Å². The molecular formula is C13H16FN3. The third-order valence-corrected chi connectivity index (χ3v) is 2.89. The molecule has 17 heavy (non-hydrogen) atoms. The van der Waals surface area contributed by atoms with Gasteiger partial charge in [-0.1, -0.05) is 6.07 Å². The fourth-order valence-corrected chi connectivity index (χ4v) is 1.75. The fourth-order valence-electron chi connectivity index (χ4n) is 1.75. The Hall–Kier alpha value is -1.84. The third kappa shape index (κ3) is 2.64. The van der Waals surface area contributed by atoms with Gasteiger partial charge in [-0.05, 0) is 38.0 Å². The van der Waals surface area contributed by atoms with E-state index in [1.165, 1.54) is 6.07 Å². The van der Waals surface area contributed by atoms with E-state index >= 15 is 0 Å². The number of aryl methyl sites for hydroxylation is 4. The van der Waals surface area contributed by atoms with Crippen LogP contribution in [0.5, 0.6) is 0 Å². The molecule has 3 N–H and O–H groups in total. The lowest BCUT2D eigenvalue weighted by molar-refractivity contribution is 0.631. The van der Waals surface area contributed by atoms with Gasteiger partial charge in [0.25, 0.3) is 0 Å². The van der Waals surface area contributed by atoms with Crippen molar-refractivity contribution >= 4 is 5.69 Å². The summed E-state index contributed by atoms with van der Waals surface area (Å²) in [5.41, 5.74) is 8.87. The lowest BCUT2D eigenvalue weighted by Crippen LogP contribution is -1.97. The molecular weight excluding hydrogens is 217 g/mol. The Morgan fingerprint density at radius 1 is 1.29 bits per heavy atom. The van der Waals surface area contributed by atoms with Gasteiger partial charge < -0.3 is 10.7 Å². The Kier molecular flexibility index (Phi) is 3.13. The Balaban J connectivity index is 2.04. The highest BCUT2D eigenvalue weighted by atomic mass is 19.1. The minimum absolute atomic E-state index is 0.203. The Morgan fingerprint density at radius 2 is 2.06 bits per heavy atom. The maximum absolute atomic E-state index is 13.0. The second-order valence-electron chi connectivity index (χ2n) is 4.25. The molecule has 0 aliphatic rings. The van der Waals surface area contributed by atoms with Crippen LogP contribution < -0.4 is 5.73 Å². The molecule has 0 radical (unpaired) electrons. The molecule has 1 aromatic heterocycles. The number of H-pyrrole nitrogens is 1. The summed E-state index contributed by atoms with van der Waals surface area (Å²) in [6.45, 7) is 3.98. The van der Waals surface area contributed by atoms with E-state index in [2.05, 4.69) is 9.97 Å². The van der Waals surface area contributed by atoms with Crippen LogP contribution in [0.2, 0.25) is 0 Å². The summed E-state index contributed by atoms with van der Waals surface area (Å²) in [4.78, 5) is 7.63. The molecule has 0 amide bonds. The van der Waals surface area contributed by atoms with Crippen LogP contribution in [0.4, 0.5) is 10.1 Å². The number of imidazole rings is 1. The summed E-state index contributed by atoms with van der Waals surface area (Å²) in [5.74, 6) is 0.598. The molecule has 3 nitrogen and oxygen atoms in total. The van der Waals surface area contributed by atoms with Gasteiger partial charge in [0.05, 0.1) is 11.4 Å². The molecule has 0 atom stereocenters. The van der Waals surface area contributed by atoms with Crippen molar-refractivity contribution in [1.82, 2.24) is 9.97 Å². The van der Waals surface area contributed by atoms with E-state index in [-0.39, 0.29) is 11.5 Å². The average molecular weight is 233 g/mol. The summed E-state index contributed by atoms with van der Waals surface area (Å²) in [6.07, 6.45) is 1.61. The van der Waals surface area contributed by atoms with Gasteiger partial charge in [0.2, 0.25) is 0 Å². The third-order valence-electron chi connectivity index (χ3n) is 2.89. The van der Waals surface area contributed by atoms with Crippen molar-refractivity contribution in [3.05, 3.63) is 46.8 Å². The van der Waals surface area contributed by atoms with E-state index in [4.69, 9.17) is 5.73 Å². The van der Waals surface area contributed by atoms with Crippen LogP contribution in [-0.2, 0) is 12.8 Å². The van der Waals surface area contributed by atoms with Gasteiger partial charge in [0, 0.05) is 12.1 Å². The molecule has 0 aliphatic heterocycles. The minimum Gasteiger partial charge on any atom is -0.396 e. The van der Waals surface area contributed by atoms with Gasteiger partial charge in [-0.2, -0.15) is 0 Å². The molecule has 2 aromatic rings. The van der Waals surface area contributed by atoms with Crippen molar-refractivity contribution in [2.24, 2.45) is 0 Å². The molecule has 1 heterocycles. The zero-order chi connectivity index (χ0) is 12.4. The molecule has 2 rings (SSSR count). The van der Waals surface area contributed by atoms with Gasteiger partial charge in [-0.3, -0.25) is 0 Å². The van der Waals surface area contributed by atoms with Crippen molar-refractivity contribution in [2.75, 3.05) is 5.73 Å². The number of halogens is 1. The van der Waals surface area contributed by atoms with Crippen LogP contribution in [0.1, 0.15) is 22.8 Å². The molecule has 1 aromatic carbocycles. The van der Waals surface area contributed by atoms with Crippen molar-refractivity contribution in [2.45, 2.75) is 26.7 Å². The Morgan fingerprint density at radius 3 is 2.65 bits per heavy atom. The highest BCUT2D eigenvalue weighted by Gasteiger charge is 2.04. The maximum Gasteiger partial charge on any atom is 0.146 e. The van der Waals surface area contributed by atoms with Crippen molar-refractivity contribution < 1.29 is 4.39 Å². The van der Waals surface area contributed by atoms with Crippen molar-refractivity contribution in [3.63, 3.8) is 0 Å². The van der Waals surface area contributed by atoms with Crippen LogP contribution in [0, 0.1) is 19.7 Å². The predicted molar refractivity (Wildman–Crippen MR) is 66.3 cm³/mol. The molecule has 0 saturated carbocycles.